The van der Waals surface area contributed by atoms with Crippen molar-refractivity contribution in [2.75, 3.05) is 13.2 Å². The number of ether oxygens (including phenoxy) is 3. The highest BCUT2D eigenvalue weighted by Crippen LogP contribution is 2.32. The fraction of sp³-hybridized carbons (Fsp3) is 0.591. The van der Waals surface area contributed by atoms with E-state index in [1.54, 1.807) is 6.20 Å². The van der Waals surface area contributed by atoms with Gasteiger partial charge in [-0.25, -0.2) is 4.98 Å². The molecule has 1 aromatic heterocycles. The molecule has 1 saturated heterocycles. The number of rotatable bonds is 11. The Balaban J connectivity index is 1.59. The number of nitrogens with zero attached hydrogens (tertiary/aromatic N) is 2. The van der Waals surface area contributed by atoms with E-state index in [2.05, 4.69) is 43.1 Å². The van der Waals surface area contributed by atoms with E-state index in [-0.39, 0.29) is 6.10 Å². The second-order valence-corrected chi connectivity index (χ2v) is 7.33. The fourth-order valence-corrected chi connectivity index (χ4v) is 3.45. The number of hydrogen-bond acceptors (Lipinski definition) is 4. The highest BCUT2D eigenvalue weighted by Gasteiger charge is 2.41. The van der Waals surface area contributed by atoms with Gasteiger partial charge in [0.1, 0.15) is 5.75 Å². The topological polar surface area (TPSA) is 45.5 Å². The minimum Gasteiger partial charge on any atom is -0.494 e. The molecule has 1 aromatic carbocycles. The van der Waals surface area contributed by atoms with Gasteiger partial charge in [0, 0.05) is 18.8 Å². The van der Waals surface area contributed by atoms with Gasteiger partial charge < -0.3 is 18.8 Å². The smallest absolute Gasteiger partial charge is 0.187 e. The van der Waals surface area contributed by atoms with Crippen LogP contribution in [0.1, 0.15) is 51.5 Å². The van der Waals surface area contributed by atoms with Crippen molar-refractivity contribution < 1.29 is 14.2 Å². The number of hydrogen-bond donors (Lipinski definition) is 0. The van der Waals surface area contributed by atoms with Crippen molar-refractivity contribution >= 4 is 0 Å². The minimum absolute atomic E-state index is 0.188. The van der Waals surface area contributed by atoms with E-state index in [1.165, 1.54) is 5.56 Å². The van der Waals surface area contributed by atoms with Gasteiger partial charge in [0.2, 0.25) is 0 Å². The van der Waals surface area contributed by atoms with Gasteiger partial charge in [-0.1, -0.05) is 38.8 Å². The summed E-state index contributed by atoms with van der Waals surface area (Å²) >= 11 is 0. The van der Waals surface area contributed by atoms with E-state index in [1.807, 2.05) is 17.1 Å². The standard InChI is InChI=1S/C22H32N2O3/c1-3-5-15-25-20-9-7-19(8-10-20)11-12-22(17-24-14-13-23-18-24)26-16-21(27-22)6-4-2/h7-10,13-14,18,21H,3-6,11-12,15-17H2,1-2H3. The Morgan fingerprint density at radius 2 is 2.07 bits per heavy atom. The summed E-state index contributed by atoms with van der Waals surface area (Å²) in [5.74, 6) is 0.369. The molecule has 1 aliphatic rings. The van der Waals surface area contributed by atoms with Crippen LogP contribution in [-0.2, 0) is 22.4 Å². The first-order valence-corrected chi connectivity index (χ1v) is 10.2. The van der Waals surface area contributed by atoms with E-state index in [0.29, 0.717) is 13.2 Å². The van der Waals surface area contributed by atoms with Gasteiger partial charge in [-0.2, -0.15) is 0 Å². The van der Waals surface area contributed by atoms with Gasteiger partial charge in [-0.05, 0) is 37.0 Å². The third-order valence-corrected chi connectivity index (χ3v) is 4.99. The highest BCUT2D eigenvalue weighted by atomic mass is 16.7. The van der Waals surface area contributed by atoms with Crippen LogP contribution in [0.4, 0.5) is 0 Å². The Morgan fingerprint density at radius 3 is 2.78 bits per heavy atom. The Bertz CT molecular complexity index is 657. The van der Waals surface area contributed by atoms with Gasteiger partial charge >= 0.3 is 0 Å². The molecule has 2 atom stereocenters. The van der Waals surface area contributed by atoms with Crippen molar-refractivity contribution in [1.29, 1.82) is 0 Å². The molecule has 1 fully saturated rings. The zero-order valence-electron chi connectivity index (χ0n) is 16.6. The first-order valence-electron chi connectivity index (χ1n) is 10.2. The molecule has 27 heavy (non-hydrogen) atoms. The second-order valence-electron chi connectivity index (χ2n) is 7.33. The molecular formula is C22H32N2O3. The van der Waals surface area contributed by atoms with Crippen LogP contribution in [-0.4, -0.2) is 34.7 Å². The third kappa shape index (κ3) is 5.81. The summed E-state index contributed by atoms with van der Waals surface area (Å²) in [6.07, 6.45) is 11.9. The Morgan fingerprint density at radius 1 is 1.22 bits per heavy atom. The van der Waals surface area contributed by atoms with Crippen molar-refractivity contribution in [3.8, 4) is 5.75 Å². The number of benzene rings is 1. The van der Waals surface area contributed by atoms with E-state index in [9.17, 15) is 0 Å². The average molecular weight is 373 g/mol. The molecule has 3 rings (SSSR count). The maximum absolute atomic E-state index is 6.38. The highest BCUT2D eigenvalue weighted by molar-refractivity contribution is 5.27. The molecule has 1 aliphatic heterocycles. The van der Waals surface area contributed by atoms with Crippen LogP contribution in [0, 0.1) is 0 Å². The van der Waals surface area contributed by atoms with Crippen LogP contribution in [0.2, 0.25) is 0 Å². The molecule has 0 bridgehead atoms. The predicted molar refractivity (Wildman–Crippen MR) is 106 cm³/mol. The Hall–Kier alpha value is -1.85. The van der Waals surface area contributed by atoms with Crippen LogP contribution >= 0.6 is 0 Å². The Kier molecular flexibility index (Phi) is 7.30. The molecule has 5 heteroatoms. The molecule has 0 N–H and O–H groups in total. The lowest BCUT2D eigenvalue weighted by molar-refractivity contribution is -0.182. The molecule has 0 aliphatic carbocycles. The van der Waals surface area contributed by atoms with Crippen molar-refractivity contribution in [1.82, 2.24) is 9.55 Å². The average Bonchev–Trinajstić information content (AvgIpc) is 3.33. The molecule has 5 nitrogen and oxygen atoms in total. The summed E-state index contributed by atoms with van der Waals surface area (Å²) in [6.45, 7) is 6.48. The normalized spacial score (nSPS) is 22.2. The van der Waals surface area contributed by atoms with Crippen LogP contribution < -0.4 is 4.74 Å². The summed E-state index contributed by atoms with van der Waals surface area (Å²) < 4.78 is 20.4. The zero-order chi connectivity index (χ0) is 19.0. The van der Waals surface area contributed by atoms with E-state index >= 15 is 0 Å². The van der Waals surface area contributed by atoms with Crippen molar-refractivity contribution in [2.45, 2.75) is 70.8 Å². The number of unbranched alkanes of at least 4 members (excludes halogenated alkanes) is 1. The summed E-state index contributed by atoms with van der Waals surface area (Å²) in [6, 6.07) is 8.41. The maximum Gasteiger partial charge on any atom is 0.187 e. The second kappa shape index (κ2) is 9.90. The predicted octanol–water partition coefficient (Wildman–Crippen LogP) is 4.61. The van der Waals surface area contributed by atoms with E-state index in [4.69, 9.17) is 14.2 Å². The Labute approximate surface area is 162 Å². The number of aromatic nitrogens is 2. The maximum atomic E-state index is 6.38. The summed E-state index contributed by atoms with van der Waals surface area (Å²) in [5, 5.41) is 0. The first kappa shape index (κ1) is 19.9. The van der Waals surface area contributed by atoms with Crippen LogP contribution in [0.5, 0.6) is 5.75 Å². The largest absolute Gasteiger partial charge is 0.494 e. The van der Waals surface area contributed by atoms with Crippen molar-refractivity contribution in [3.63, 3.8) is 0 Å². The molecule has 0 saturated carbocycles. The lowest BCUT2D eigenvalue weighted by atomic mass is 10.0. The fourth-order valence-electron chi connectivity index (χ4n) is 3.45. The van der Waals surface area contributed by atoms with Gasteiger partial charge in [0.25, 0.3) is 0 Å². The summed E-state index contributed by atoms with van der Waals surface area (Å²) in [7, 11) is 0. The third-order valence-electron chi connectivity index (χ3n) is 4.99. The lowest BCUT2D eigenvalue weighted by Crippen LogP contribution is -2.36. The van der Waals surface area contributed by atoms with Crippen LogP contribution in [0.3, 0.4) is 0 Å². The van der Waals surface area contributed by atoms with Gasteiger partial charge in [0.05, 0.1) is 32.2 Å². The van der Waals surface area contributed by atoms with Gasteiger partial charge in [0.15, 0.2) is 5.79 Å². The quantitative estimate of drug-likeness (QED) is 0.541. The van der Waals surface area contributed by atoms with Crippen molar-refractivity contribution in [2.24, 2.45) is 0 Å². The summed E-state index contributed by atoms with van der Waals surface area (Å²) in [4.78, 5) is 4.15. The molecule has 0 spiro atoms. The molecule has 0 radical (unpaired) electrons. The minimum atomic E-state index is -0.573. The molecule has 2 aromatic rings. The lowest BCUT2D eigenvalue weighted by Gasteiger charge is -2.28. The molecule has 0 amide bonds. The van der Waals surface area contributed by atoms with E-state index in [0.717, 1.165) is 50.9 Å². The summed E-state index contributed by atoms with van der Waals surface area (Å²) in [5.41, 5.74) is 1.27. The van der Waals surface area contributed by atoms with Crippen LogP contribution in [0.25, 0.3) is 0 Å². The van der Waals surface area contributed by atoms with Gasteiger partial charge in [-0.3, -0.25) is 0 Å². The molecule has 148 valence electrons. The number of aryl methyl sites for hydroxylation is 1. The SMILES string of the molecule is CCCCOc1ccc(CCC2(Cn3ccnc3)OCC(CCC)O2)cc1. The molecule has 2 unspecified atom stereocenters. The molecule has 2 heterocycles. The van der Waals surface area contributed by atoms with Crippen molar-refractivity contribution in [3.05, 3.63) is 48.5 Å². The monoisotopic (exact) mass is 372 g/mol. The zero-order valence-corrected chi connectivity index (χ0v) is 16.6. The first-order chi connectivity index (χ1) is 13.2. The van der Waals surface area contributed by atoms with Crippen LogP contribution in [0.15, 0.2) is 43.0 Å². The van der Waals surface area contributed by atoms with Gasteiger partial charge in [-0.15, -0.1) is 0 Å². The van der Waals surface area contributed by atoms with E-state index < -0.39 is 5.79 Å². The molecular weight excluding hydrogens is 340 g/mol. The number of imidazole rings is 1.